The third-order valence-corrected chi connectivity index (χ3v) is 5.59. The number of phenolic OH excluding ortho intramolecular Hbond substituents is 1. The lowest BCUT2D eigenvalue weighted by atomic mass is 9.68. The molecule has 0 aliphatic heterocycles. The SMILES string of the molecule is CC(CCCc1ccccc1)Oc1cc(O)c2c(c1)CC(C)(C)CC2C(N)=O. The minimum Gasteiger partial charge on any atom is -0.507 e. The van der Waals surface area contributed by atoms with Crippen LogP contribution in [0.5, 0.6) is 11.5 Å². The Morgan fingerprint density at radius 3 is 2.68 bits per heavy atom. The van der Waals surface area contributed by atoms with Crippen molar-refractivity contribution >= 4 is 5.91 Å². The number of ether oxygens (including phenoxy) is 1. The molecule has 3 N–H and O–H groups in total. The highest BCUT2D eigenvalue weighted by Crippen LogP contribution is 2.46. The molecule has 4 heteroatoms. The quantitative estimate of drug-likeness (QED) is 0.729. The van der Waals surface area contributed by atoms with E-state index in [1.807, 2.05) is 12.1 Å². The van der Waals surface area contributed by atoms with Gasteiger partial charge in [0.2, 0.25) is 5.91 Å². The summed E-state index contributed by atoms with van der Waals surface area (Å²) in [5.41, 5.74) is 8.55. The van der Waals surface area contributed by atoms with Crippen LogP contribution in [0.3, 0.4) is 0 Å². The molecular formula is C24H31NO3. The number of primary amides is 1. The minimum absolute atomic E-state index is 0.0426. The Labute approximate surface area is 167 Å². The number of aromatic hydroxyl groups is 1. The summed E-state index contributed by atoms with van der Waals surface area (Å²) in [5.74, 6) is -0.0592. The molecule has 28 heavy (non-hydrogen) atoms. The van der Waals surface area contributed by atoms with Crippen LogP contribution in [0.4, 0.5) is 0 Å². The number of amides is 1. The van der Waals surface area contributed by atoms with Gasteiger partial charge in [0.1, 0.15) is 11.5 Å². The van der Waals surface area contributed by atoms with E-state index in [1.54, 1.807) is 6.07 Å². The Balaban J connectivity index is 1.68. The Bertz CT molecular complexity index is 829. The highest BCUT2D eigenvalue weighted by Gasteiger charge is 2.37. The van der Waals surface area contributed by atoms with Crippen molar-refractivity contribution in [2.45, 2.75) is 64.9 Å². The number of nitrogens with two attached hydrogens (primary N) is 1. The van der Waals surface area contributed by atoms with Crippen LogP contribution in [0.1, 0.15) is 62.6 Å². The smallest absolute Gasteiger partial charge is 0.225 e. The average molecular weight is 382 g/mol. The molecule has 0 heterocycles. The van der Waals surface area contributed by atoms with Gasteiger partial charge in [-0.2, -0.15) is 0 Å². The van der Waals surface area contributed by atoms with E-state index in [0.717, 1.165) is 31.2 Å². The lowest BCUT2D eigenvalue weighted by molar-refractivity contribution is -0.120. The van der Waals surface area contributed by atoms with Crippen LogP contribution >= 0.6 is 0 Å². The lowest BCUT2D eigenvalue weighted by Crippen LogP contribution is -2.33. The van der Waals surface area contributed by atoms with E-state index in [0.29, 0.717) is 17.7 Å². The number of carbonyl (C=O) groups excluding carboxylic acids is 1. The van der Waals surface area contributed by atoms with Gasteiger partial charge in [-0.1, -0.05) is 44.2 Å². The van der Waals surface area contributed by atoms with Gasteiger partial charge in [-0.25, -0.2) is 0 Å². The normalized spacial score (nSPS) is 18.9. The summed E-state index contributed by atoms with van der Waals surface area (Å²) in [7, 11) is 0. The Morgan fingerprint density at radius 1 is 1.29 bits per heavy atom. The van der Waals surface area contributed by atoms with E-state index < -0.39 is 5.92 Å². The molecule has 0 spiro atoms. The molecule has 2 unspecified atom stereocenters. The molecule has 2 aromatic carbocycles. The second kappa shape index (κ2) is 8.26. The fourth-order valence-corrected chi connectivity index (χ4v) is 4.30. The van der Waals surface area contributed by atoms with Crippen molar-refractivity contribution in [3.05, 3.63) is 59.2 Å². The Kier molecular flexibility index (Phi) is 5.97. The highest BCUT2D eigenvalue weighted by atomic mass is 16.5. The summed E-state index contributed by atoms with van der Waals surface area (Å²) in [6, 6.07) is 14.0. The monoisotopic (exact) mass is 381 g/mol. The van der Waals surface area contributed by atoms with Crippen molar-refractivity contribution in [1.29, 1.82) is 0 Å². The number of hydrogen-bond donors (Lipinski definition) is 2. The Hall–Kier alpha value is -2.49. The molecular weight excluding hydrogens is 350 g/mol. The van der Waals surface area contributed by atoms with Crippen LogP contribution < -0.4 is 10.5 Å². The van der Waals surface area contributed by atoms with Crippen LogP contribution in [0.2, 0.25) is 0 Å². The number of aryl methyl sites for hydroxylation is 1. The lowest BCUT2D eigenvalue weighted by Gasteiger charge is -2.36. The first-order valence-corrected chi connectivity index (χ1v) is 10.1. The third-order valence-electron chi connectivity index (χ3n) is 5.59. The molecule has 0 radical (unpaired) electrons. The molecule has 1 aliphatic carbocycles. The zero-order valence-electron chi connectivity index (χ0n) is 17.1. The summed E-state index contributed by atoms with van der Waals surface area (Å²) in [4.78, 5) is 11.9. The van der Waals surface area contributed by atoms with Gasteiger partial charge in [0.15, 0.2) is 0 Å². The molecule has 1 amide bonds. The predicted molar refractivity (Wildman–Crippen MR) is 112 cm³/mol. The van der Waals surface area contributed by atoms with Crippen molar-refractivity contribution in [1.82, 2.24) is 0 Å². The van der Waals surface area contributed by atoms with E-state index in [1.165, 1.54) is 5.56 Å². The van der Waals surface area contributed by atoms with E-state index in [4.69, 9.17) is 10.5 Å². The molecule has 2 atom stereocenters. The first-order chi connectivity index (χ1) is 13.2. The van der Waals surface area contributed by atoms with Gasteiger partial charge in [0, 0.05) is 11.6 Å². The predicted octanol–water partition coefficient (Wildman–Crippen LogP) is 4.72. The molecule has 0 saturated heterocycles. The zero-order valence-corrected chi connectivity index (χ0v) is 17.1. The third kappa shape index (κ3) is 4.86. The first-order valence-electron chi connectivity index (χ1n) is 10.1. The largest absolute Gasteiger partial charge is 0.507 e. The van der Waals surface area contributed by atoms with Gasteiger partial charge in [-0.05, 0) is 61.6 Å². The van der Waals surface area contributed by atoms with Crippen molar-refractivity contribution in [3.8, 4) is 11.5 Å². The van der Waals surface area contributed by atoms with Gasteiger partial charge >= 0.3 is 0 Å². The van der Waals surface area contributed by atoms with Crippen LogP contribution in [0, 0.1) is 5.41 Å². The van der Waals surface area contributed by atoms with Gasteiger partial charge in [0.25, 0.3) is 0 Å². The highest BCUT2D eigenvalue weighted by molar-refractivity contribution is 5.84. The number of fused-ring (bicyclic) bond motifs is 1. The van der Waals surface area contributed by atoms with Crippen molar-refractivity contribution in [2.24, 2.45) is 11.1 Å². The van der Waals surface area contributed by atoms with Crippen molar-refractivity contribution < 1.29 is 14.6 Å². The topological polar surface area (TPSA) is 72.6 Å². The van der Waals surface area contributed by atoms with E-state index in [2.05, 4.69) is 45.0 Å². The van der Waals surface area contributed by atoms with Crippen LogP contribution in [0.15, 0.2) is 42.5 Å². The summed E-state index contributed by atoms with van der Waals surface area (Å²) in [6.07, 6.45) is 4.49. The molecule has 1 aliphatic rings. The molecule has 150 valence electrons. The molecule has 0 aromatic heterocycles. The maximum absolute atomic E-state index is 11.9. The summed E-state index contributed by atoms with van der Waals surface area (Å²) in [6.45, 7) is 6.31. The van der Waals surface area contributed by atoms with Crippen LogP contribution in [0.25, 0.3) is 0 Å². The number of rotatable bonds is 7. The molecule has 3 rings (SSSR count). The van der Waals surface area contributed by atoms with Gasteiger partial charge in [-0.15, -0.1) is 0 Å². The second-order valence-electron chi connectivity index (χ2n) is 8.82. The first kappa shape index (κ1) is 20.2. The van der Waals surface area contributed by atoms with E-state index in [-0.39, 0.29) is 23.2 Å². The van der Waals surface area contributed by atoms with Crippen molar-refractivity contribution in [2.75, 3.05) is 0 Å². The van der Waals surface area contributed by atoms with Gasteiger partial charge < -0.3 is 15.6 Å². The number of phenols is 1. The molecule has 4 nitrogen and oxygen atoms in total. The minimum atomic E-state index is -0.448. The maximum atomic E-state index is 11.9. The standard InChI is InChI=1S/C24H31NO3/c1-16(8-7-11-17-9-5-4-6-10-17)28-19-12-18-14-24(2,3)15-20(23(25)27)22(18)21(26)13-19/h4-6,9-10,12-13,16,20,26H,7-8,11,14-15H2,1-3H3,(H2,25,27). The number of hydrogen-bond acceptors (Lipinski definition) is 3. The molecule has 0 bridgehead atoms. The van der Waals surface area contributed by atoms with Crippen LogP contribution in [-0.4, -0.2) is 17.1 Å². The van der Waals surface area contributed by atoms with Gasteiger partial charge in [0.05, 0.1) is 12.0 Å². The number of benzene rings is 2. The number of carbonyl (C=O) groups is 1. The summed E-state index contributed by atoms with van der Waals surface area (Å²) >= 11 is 0. The maximum Gasteiger partial charge on any atom is 0.225 e. The summed E-state index contributed by atoms with van der Waals surface area (Å²) < 4.78 is 6.09. The van der Waals surface area contributed by atoms with E-state index >= 15 is 0 Å². The zero-order chi connectivity index (χ0) is 20.3. The molecule has 2 aromatic rings. The van der Waals surface area contributed by atoms with Crippen LogP contribution in [-0.2, 0) is 17.6 Å². The molecule has 0 saturated carbocycles. The fourth-order valence-electron chi connectivity index (χ4n) is 4.30. The van der Waals surface area contributed by atoms with Gasteiger partial charge in [-0.3, -0.25) is 4.79 Å². The van der Waals surface area contributed by atoms with Crippen molar-refractivity contribution in [3.63, 3.8) is 0 Å². The fraction of sp³-hybridized carbons (Fsp3) is 0.458. The van der Waals surface area contributed by atoms with E-state index in [9.17, 15) is 9.90 Å². The average Bonchev–Trinajstić information content (AvgIpc) is 2.60. The second-order valence-corrected chi connectivity index (χ2v) is 8.82. The Morgan fingerprint density at radius 2 is 2.00 bits per heavy atom. The summed E-state index contributed by atoms with van der Waals surface area (Å²) in [5, 5.41) is 10.6. The molecule has 0 fully saturated rings.